The van der Waals surface area contributed by atoms with E-state index < -0.39 is 22.6 Å². The topological polar surface area (TPSA) is 136 Å². The summed E-state index contributed by atoms with van der Waals surface area (Å²) in [4.78, 5) is 16.0. The third-order valence-electron chi connectivity index (χ3n) is 13.9. The van der Waals surface area contributed by atoms with Gasteiger partial charge in [-0.05, 0) is 173 Å². The van der Waals surface area contributed by atoms with Crippen LogP contribution in [0.15, 0.2) is 66.7 Å². The Morgan fingerprint density at radius 3 is 1.49 bits per heavy atom. The Morgan fingerprint density at radius 1 is 0.738 bits per heavy atom. The van der Waals surface area contributed by atoms with Crippen molar-refractivity contribution in [2.75, 3.05) is 72.2 Å². The van der Waals surface area contributed by atoms with Gasteiger partial charge in [0, 0.05) is 26.2 Å². The normalized spacial score (nSPS) is 17.0. The van der Waals surface area contributed by atoms with E-state index in [4.69, 9.17) is 25.4 Å². The minimum atomic E-state index is -1.78. The second-order valence-corrected chi connectivity index (χ2v) is 30.7. The number of likely N-dealkylation sites (tertiary alicyclic amines) is 2. The molecule has 0 spiro atoms. The van der Waals surface area contributed by atoms with Crippen LogP contribution >= 0.6 is 0 Å². The number of esters is 1. The molecule has 2 unspecified atom stereocenters. The summed E-state index contributed by atoms with van der Waals surface area (Å²) in [5.41, 5.74) is 14.4. The number of halogens is 2. The second-order valence-electron chi connectivity index (χ2n) is 21.2. The lowest BCUT2D eigenvalue weighted by Crippen LogP contribution is -2.50. The van der Waals surface area contributed by atoms with Gasteiger partial charge in [0.05, 0.1) is 30.6 Å². The molecule has 2 heterocycles. The standard InChI is InChI=1S/C22H39FN2OSi.C21H37FN2OSi.C8H9NO3/c1-22(2,3)27(5,6)26-21(16-24-4)17-25-13-11-19(12-14-25)15-18-7-9-20(23)10-8-18;1-21(2,3)26(4,5)25-20(15-23)16-24-12-10-18(11-13-24)14-17-6-8-19(22)9-7-17;1-12-8(11)5-2-3-6(9)7(10)4-5/h7-10,19,21,24H,11-17H2,1-6H3;6-9,18,20H,10-16,23H2,1-5H3;2-4,10H,9H2,1H3. The van der Waals surface area contributed by atoms with Crippen molar-refractivity contribution in [3.63, 3.8) is 0 Å². The number of nitrogens with zero attached hydrogens (tertiary/aromatic N) is 2. The molecule has 2 fully saturated rings. The van der Waals surface area contributed by atoms with E-state index >= 15 is 0 Å². The molecule has 10 nitrogen and oxygen atoms in total. The molecular weight excluding hydrogens is 857 g/mol. The number of benzene rings is 3. The molecule has 0 saturated carbocycles. The highest BCUT2D eigenvalue weighted by Crippen LogP contribution is 2.38. The van der Waals surface area contributed by atoms with Gasteiger partial charge in [-0.1, -0.05) is 65.8 Å². The average Bonchev–Trinajstić information content (AvgIpc) is 3.24. The van der Waals surface area contributed by atoms with E-state index in [1.165, 1.54) is 62.1 Å². The number of ether oxygens (including phenoxy) is 1. The molecule has 2 atom stereocenters. The number of carbonyl (C=O) groups excluding carboxylic acids is 1. The lowest BCUT2D eigenvalue weighted by Gasteiger charge is -2.41. The maximum atomic E-state index is 13.1. The van der Waals surface area contributed by atoms with Crippen LogP contribution in [0.3, 0.4) is 0 Å². The van der Waals surface area contributed by atoms with Crippen LogP contribution in [0, 0.1) is 23.5 Å². The summed E-state index contributed by atoms with van der Waals surface area (Å²) in [7, 11) is -0.252. The van der Waals surface area contributed by atoms with E-state index in [1.807, 2.05) is 31.3 Å². The maximum Gasteiger partial charge on any atom is 0.337 e. The number of nitrogens with one attached hydrogen (secondary N) is 1. The van der Waals surface area contributed by atoms with Gasteiger partial charge in [-0.15, -0.1) is 0 Å². The molecule has 0 amide bonds. The molecule has 6 N–H and O–H groups in total. The third kappa shape index (κ3) is 19.1. The first-order valence-electron chi connectivity index (χ1n) is 23.7. The number of hydrogen-bond donors (Lipinski definition) is 4. The van der Waals surface area contributed by atoms with Crippen molar-refractivity contribution in [2.45, 2.75) is 129 Å². The van der Waals surface area contributed by atoms with Crippen molar-refractivity contribution in [3.8, 4) is 5.75 Å². The molecular formula is C51H85F2N5O5Si2. The fourth-order valence-corrected chi connectivity index (χ4v) is 10.4. The fourth-order valence-electron chi connectivity index (χ4n) is 7.74. The van der Waals surface area contributed by atoms with Gasteiger partial charge >= 0.3 is 5.97 Å². The number of hydrogen-bond acceptors (Lipinski definition) is 10. The average molecular weight is 942 g/mol. The van der Waals surface area contributed by atoms with Crippen molar-refractivity contribution >= 4 is 28.3 Å². The summed E-state index contributed by atoms with van der Waals surface area (Å²) < 4.78 is 43.8. The summed E-state index contributed by atoms with van der Waals surface area (Å²) in [5.74, 6) is 0.484. The molecule has 5 rings (SSSR count). The summed E-state index contributed by atoms with van der Waals surface area (Å²) in [6.45, 7) is 30.9. The predicted molar refractivity (Wildman–Crippen MR) is 270 cm³/mol. The molecule has 2 aliphatic heterocycles. The number of carbonyl (C=O) groups is 1. The summed E-state index contributed by atoms with van der Waals surface area (Å²) in [6, 6.07) is 18.2. The van der Waals surface area contributed by atoms with Crippen LogP contribution in [-0.2, 0) is 26.4 Å². The number of methoxy groups -OCH3 is 1. The minimum Gasteiger partial charge on any atom is -0.506 e. The highest BCUT2D eigenvalue weighted by molar-refractivity contribution is 6.74. The van der Waals surface area contributed by atoms with E-state index in [9.17, 15) is 13.6 Å². The summed E-state index contributed by atoms with van der Waals surface area (Å²) in [6.07, 6.45) is 7.30. The third-order valence-corrected chi connectivity index (χ3v) is 23.0. The highest BCUT2D eigenvalue weighted by Gasteiger charge is 2.40. The molecule has 0 bridgehead atoms. The van der Waals surface area contributed by atoms with Gasteiger partial charge < -0.3 is 45.3 Å². The molecule has 0 aromatic heterocycles. The SMILES string of the molecule is CC(C)(C)[Si](C)(C)OC(CN)CN1CCC(Cc2ccc(F)cc2)CC1.CNCC(CN1CCC(Cc2ccc(F)cc2)CC1)O[Si](C)(C)C(C)(C)C.COC(=O)c1ccc(N)c(O)c1. The summed E-state index contributed by atoms with van der Waals surface area (Å²) in [5, 5.41) is 12.9. The van der Waals surface area contributed by atoms with Gasteiger partial charge in [0.25, 0.3) is 0 Å². The fraction of sp³-hybridized carbons (Fsp3) is 0.627. The van der Waals surface area contributed by atoms with Crippen molar-refractivity contribution < 1.29 is 32.3 Å². The van der Waals surface area contributed by atoms with Crippen molar-refractivity contribution in [1.29, 1.82) is 0 Å². The van der Waals surface area contributed by atoms with E-state index in [1.54, 1.807) is 24.3 Å². The number of nitrogens with two attached hydrogens (primary N) is 2. The lowest BCUT2D eigenvalue weighted by molar-refractivity contribution is 0.0600. The second kappa shape index (κ2) is 25.8. The Kier molecular flexibility index (Phi) is 22.3. The first-order valence-corrected chi connectivity index (χ1v) is 29.5. The maximum absolute atomic E-state index is 13.1. The van der Waals surface area contributed by atoms with Crippen molar-refractivity contribution in [3.05, 3.63) is 95.1 Å². The van der Waals surface area contributed by atoms with Crippen molar-refractivity contribution in [2.24, 2.45) is 17.6 Å². The van der Waals surface area contributed by atoms with E-state index in [0.29, 0.717) is 18.4 Å². The molecule has 2 aliphatic rings. The van der Waals surface area contributed by atoms with Gasteiger partial charge in [-0.25, -0.2) is 13.6 Å². The smallest absolute Gasteiger partial charge is 0.337 e. The lowest BCUT2D eigenvalue weighted by atomic mass is 9.90. The van der Waals surface area contributed by atoms with Crippen LogP contribution in [0.1, 0.15) is 88.7 Å². The number of likely N-dealkylation sites (N-methyl/N-ethyl adjacent to an activating group) is 1. The number of piperidine rings is 2. The van der Waals surface area contributed by atoms with Crippen LogP contribution in [-0.4, -0.2) is 116 Å². The van der Waals surface area contributed by atoms with Crippen LogP contribution in [0.25, 0.3) is 0 Å². The Hall–Kier alpha value is -3.22. The number of rotatable bonds is 16. The van der Waals surface area contributed by atoms with E-state index in [2.05, 4.69) is 87.6 Å². The summed E-state index contributed by atoms with van der Waals surface area (Å²) >= 11 is 0. The highest BCUT2D eigenvalue weighted by atomic mass is 28.4. The zero-order valence-corrected chi connectivity index (χ0v) is 43.9. The van der Waals surface area contributed by atoms with Crippen molar-refractivity contribution in [1.82, 2.24) is 15.1 Å². The molecule has 3 aromatic rings. The molecule has 2 saturated heterocycles. The van der Waals surface area contributed by atoms with Crippen LogP contribution in [0.4, 0.5) is 14.5 Å². The zero-order valence-electron chi connectivity index (χ0n) is 41.9. The Labute approximate surface area is 393 Å². The molecule has 14 heteroatoms. The molecule has 366 valence electrons. The Bertz CT molecular complexity index is 1840. The number of phenolic OH excluding ortho intramolecular Hbond substituents is 1. The van der Waals surface area contributed by atoms with Gasteiger partial charge in [0.1, 0.15) is 17.4 Å². The zero-order chi connectivity index (χ0) is 48.6. The Morgan fingerprint density at radius 2 is 1.14 bits per heavy atom. The largest absolute Gasteiger partial charge is 0.506 e. The van der Waals surface area contributed by atoms with Crippen LogP contribution in [0.5, 0.6) is 5.75 Å². The van der Waals surface area contributed by atoms with E-state index in [-0.39, 0.29) is 50.9 Å². The van der Waals surface area contributed by atoms with Gasteiger partial charge in [-0.2, -0.15) is 0 Å². The number of phenols is 1. The molecule has 3 aromatic carbocycles. The number of nitrogen functional groups attached to an aromatic ring is 1. The first-order chi connectivity index (χ1) is 30.4. The first kappa shape index (κ1) is 56.1. The van der Waals surface area contributed by atoms with Gasteiger partial charge in [0.2, 0.25) is 0 Å². The minimum absolute atomic E-state index is 0.113. The van der Waals surface area contributed by atoms with Gasteiger partial charge in [-0.3, -0.25) is 0 Å². The number of aromatic hydroxyl groups is 1. The predicted octanol–water partition coefficient (Wildman–Crippen LogP) is 9.88. The molecule has 65 heavy (non-hydrogen) atoms. The monoisotopic (exact) mass is 942 g/mol. The van der Waals surface area contributed by atoms with Crippen LogP contribution in [0.2, 0.25) is 36.3 Å². The van der Waals surface area contributed by atoms with Gasteiger partial charge in [0.15, 0.2) is 16.6 Å². The molecule has 0 radical (unpaired) electrons. The van der Waals surface area contributed by atoms with Crippen LogP contribution < -0.4 is 16.8 Å². The quantitative estimate of drug-likeness (QED) is 0.0476. The Balaban J connectivity index is 0.000000277. The molecule has 0 aliphatic carbocycles. The van der Waals surface area contributed by atoms with E-state index in [0.717, 1.165) is 58.7 Å². The number of anilines is 1.